The largest absolute Gasteiger partial charge is 0.399 e. The fourth-order valence-electron chi connectivity index (χ4n) is 2.11. The molecule has 0 aliphatic heterocycles. The van der Waals surface area contributed by atoms with Gasteiger partial charge in [0.05, 0.1) is 0 Å². The molecular weight excluding hydrogens is 266 g/mol. The van der Waals surface area contributed by atoms with Gasteiger partial charge in [0, 0.05) is 31.2 Å². The van der Waals surface area contributed by atoms with E-state index in [1.807, 2.05) is 29.2 Å². The van der Waals surface area contributed by atoms with Crippen LogP contribution in [0.3, 0.4) is 0 Å². The molecule has 0 radical (unpaired) electrons. The molecule has 1 aromatic heterocycles. The maximum Gasteiger partial charge on any atom is 0.271 e. The van der Waals surface area contributed by atoms with Gasteiger partial charge >= 0.3 is 0 Å². The van der Waals surface area contributed by atoms with Crippen LogP contribution in [0, 0.1) is 0 Å². The Balaban J connectivity index is 2.30. The third-order valence-corrected chi connectivity index (χ3v) is 3.06. The van der Waals surface area contributed by atoms with Crippen LogP contribution in [0.2, 0.25) is 0 Å². The van der Waals surface area contributed by atoms with Gasteiger partial charge in [-0.25, -0.2) is 9.97 Å². The summed E-state index contributed by atoms with van der Waals surface area (Å²) < 4.78 is 0. The van der Waals surface area contributed by atoms with Crippen LogP contribution < -0.4 is 16.4 Å². The first-order chi connectivity index (χ1) is 10.1. The average Bonchev–Trinajstić information content (AvgIpc) is 2.49. The molecule has 0 saturated heterocycles. The number of benzene rings is 1. The zero-order chi connectivity index (χ0) is 15.2. The molecule has 0 unspecified atom stereocenters. The summed E-state index contributed by atoms with van der Waals surface area (Å²) in [6.45, 7) is 3.44. The van der Waals surface area contributed by atoms with Gasteiger partial charge in [-0.3, -0.25) is 4.79 Å². The van der Waals surface area contributed by atoms with E-state index in [1.54, 1.807) is 6.20 Å². The third kappa shape index (κ3) is 3.68. The van der Waals surface area contributed by atoms with Crippen molar-refractivity contribution in [1.29, 1.82) is 0 Å². The van der Waals surface area contributed by atoms with Crippen molar-refractivity contribution in [2.24, 2.45) is 5.73 Å². The molecular formula is C15H19N5O. The lowest BCUT2D eigenvalue weighted by molar-refractivity contribution is 0.0995. The Kier molecular flexibility index (Phi) is 4.71. The normalized spacial score (nSPS) is 10.3. The summed E-state index contributed by atoms with van der Waals surface area (Å²) in [6, 6.07) is 7.62. The number of carbonyl (C=O) groups excluding carboxylic acids is 1. The highest BCUT2D eigenvalue weighted by molar-refractivity contribution is 5.95. The summed E-state index contributed by atoms with van der Waals surface area (Å²) in [5, 5.41) is 0. The van der Waals surface area contributed by atoms with Crippen LogP contribution in [0.5, 0.6) is 0 Å². The second-order valence-electron chi connectivity index (χ2n) is 4.76. The molecule has 0 fully saturated rings. The zero-order valence-electron chi connectivity index (χ0n) is 12.0. The number of primary amides is 1. The minimum Gasteiger partial charge on any atom is -0.399 e. The molecule has 0 atom stereocenters. The fraction of sp³-hybridized carbons (Fsp3) is 0.267. The molecule has 1 amide bonds. The Bertz CT molecular complexity index is 612. The Morgan fingerprint density at radius 3 is 2.48 bits per heavy atom. The number of anilines is 2. The van der Waals surface area contributed by atoms with Crippen LogP contribution in [-0.4, -0.2) is 22.4 Å². The Labute approximate surface area is 123 Å². The number of nitrogens with two attached hydrogens (primary N) is 2. The Morgan fingerprint density at radius 2 is 1.86 bits per heavy atom. The van der Waals surface area contributed by atoms with Crippen molar-refractivity contribution < 1.29 is 4.79 Å². The number of amides is 1. The van der Waals surface area contributed by atoms with E-state index in [1.165, 1.54) is 6.20 Å². The summed E-state index contributed by atoms with van der Waals surface area (Å²) in [7, 11) is 0. The van der Waals surface area contributed by atoms with Gasteiger partial charge in [-0.05, 0) is 24.1 Å². The van der Waals surface area contributed by atoms with Crippen molar-refractivity contribution in [3.05, 3.63) is 47.9 Å². The van der Waals surface area contributed by atoms with Gasteiger partial charge in [-0.15, -0.1) is 0 Å². The lowest BCUT2D eigenvalue weighted by Gasteiger charge is -2.24. The molecule has 0 spiro atoms. The molecule has 110 valence electrons. The molecule has 0 aliphatic carbocycles. The smallest absolute Gasteiger partial charge is 0.271 e. The van der Waals surface area contributed by atoms with Crippen molar-refractivity contribution in [3.63, 3.8) is 0 Å². The van der Waals surface area contributed by atoms with Crippen LogP contribution in [0.4, 0.5) is 11.5 Å². The molecule has 0 aliphatic rings. The number of hydrogen-bond acceptors (Lipinski definition) is 5. The van der Waals surface area contributed by atoms with Crippen molar-refractivity contribution in [1.82, 2.24) is 9.97 Å². The molecule has 21 heavy (non-hydrogen) atoms. The molecule has 2 aromatic rings. The van der Waals surface area contributed by atoms with E-state index in [0.717, 1.165) is 24.2 Å². The van der Waals surface area contributed by atoms with Crippen LogP contribution in [-0.2, 0) is 6.54 Å². The molecule has 4 N–H and O–H groups in total. The minimum absolute atomic E-state index is 0.196. The highest BCUT2D eigenvalue weighted by Gasteiger charge is 2.17. The molecule has 6 nitrogen and oxygen atoms in total. The summed E-state index contributed by atoms with van der Waals surface area (Å²) >= 11 is 0. The van der Waals surface area contributed by atoms with Crippen molar-refractivity contribution in [3.8, 4) is 0 Å². The number of carbonyl (C=O) groups is 1. The number of aromatic nitrogens is 2. The second-order valence-corrected chi connectivity index (χ2v) is 4.76. The van der Waals surface area contributed by atoms with E-state index in [-0.39, 0.29) is 5.69 Å². The van der Waals surface area contributed by atoms with E-state index in [9.17, 15) is 4.79 Å². The van der Waals surface area contributed by atoms with E-state index in [2.05, 4.69) is 16.9 Å². The number of nitrogen functional groups attached to an aromatic ring is 1. The van der Waals surface area contributed by atoms with Crippen LogP contribution in [0.25, 0.3) is 0 Å². The van der Waals surface area contributed by atoms with E-state index in [4.69, 9.17) is 11.5 Å². The summed E-state index contributed by atoms with van der Waals surface area (Å²) in [4.78, 5) is 21.8. The maximum absolute atomic E-state index is 11.5. The van der Waals surface area contributed by atoms with Gasteiger partial charge in [0.15, 0.2) is 11.5 Å². The number of nitrogens with zero attached hydrogens (tertiary/aromatic N) is 3. The van der Waals surface area contributed by atoms with Gasteiger partial charge in [-0.1, -0.05) is 19.1 Å². The van der Waals surface area contributed by atoms with Crippen LogP contribution in [0.15, 0.2) is 36.7 Å². The third-order valence-electron chi connectivity index (χ3n) is 3.06. The number of rotatable bonds is 6. The molecule has 1 aromatic carbocycles. The van der Waals surface area contributed by atoms with Gasteiger partial charge in [-0.2, -0.15) is 0 Å². The summed E-state index contributed by atoms with van der Waals surface area (Å²) in [6.07, 6.45) is 3.95. The van der Waals surface area contributed by atoms with Crippen LogP contribution >= 0.6 is 0 Å². The van der Waals surface area contributed by atoms with Gasteiger partial charge in [0.1, 0.15) is 0 Å². The SMILES string of the molecule is CCCN(Cc1ccc(N)cc1)c1nccnc1C(N)=O. The minimum atomic E-state index is -0.573. The number of hydrogen-bond donors (Lipinski definition) is 2. The Morgan fingerprint density at radius 1 is 1.19 bits per heavy atom. The molecule has 6 heteroatoms. The lowest BCUT2D eigenvalue weighted by Crippen LogP contribution is -2.28. The summed E-state index contributed by atoms with van der Waals surface area (Å²) in [5.41, 5.74) is 13.1. The first kappa shape index (κ1) is 14.8. The van der Waals surface area contributed by atoms with Crippen molar-refractivity contribution in [2.45, 2.75) is 19.9 Å². The quantitative estimate of drug-likeness (QED) is 0.785. The maximum atomic E-state index is 11.5. The molecule has 0 bridgehead atoms. The first-order valence-electron chi connectivity index (χ1n) is 6.82. The second kappa shape index (κ2) is 6.69. The van der Waals surface area contributed by atoms with Crippen molar-refractivity contribution >= 4 is 17.4 Å². The zero-order valence-corrected chi connectivity index (χ0v) is 12.0. The summed E-state index contributed by atoms with van der Waals surface area (Å²) in [5.74, 6) is -0.0554. The van der Waals surface area contributed by atoms with Crippen LogP contribution in [0.1, 0.15) is 29.4 Å². The van der Waals surface area contributed by atoms with Gasteiger partial charge < -0.3 is 16.4 Å². The predicted molar refractivity (Wildman–Crippen MR) is 82.7 cm³/mol. The van der Waals surface area contributed by atoms with Crippen molar-refractivity contribution in [2.75, 3.05) is 17.2 Å². The molecule has 2 rings (SSSR count). The van der Waals surface area contributed by atoms with E-state index < -0.39 is 5.91 Å². The van der Waals surface area contributed by atoms with E-state index in [0.29, 0.717) is 12.4 Å². The fourth-order valence-corrected chi connectivity index (χ4v) is 2.11. The predicted octanol–water partition coefficient (Wildman–Crippen LogP) is 1.57. The standard InChI is InChI=1S/C15H19N5O/c1-2-9-20(10-11-3-5-12(16)6-4-11)15-13(14(17)21)18-7-8-19-15/h3-8H,2,9-10,16H2,1H3,(H2,17,21). The first-order valence-corrected chi connectivity index (χ1v) is 6.82. The van der Waals surface area contributed by atoms with E-state index >= 15 is 0 Å². The highest BCUT2D eigenvalue weighted by atomic mass is 16.1. The van der Waals surface area contributed by atoms with Gasteiger partial charge in [0.25, 0.3) is 5.91 Å². The average molecular weight is 285 g/mol. The monoisotopic (exact) mass is 285 g/mol. The lowest BCUT2D eigenvalue weighted by atomic mass is 10.2. The van der Waals surface area contributed by atoms with Gasteiger partial charge in [0.2, 0.25) is 0 Å². The topological polar surface area (TPSA) is 98.1 Å². The Hall–Kier alpha value is -2.63. The highest BCUT2D eigenvalue weighted by Crippen LogP contribution is 2.18. The molecule has 1 heterocycles. The molecule has 0 saturated carbocycles.